The van der Waals surface area contributed by atoms with Crippen LogP contribution in [0.3, 0.4) is 0 Å². The number of ether oxygens (including phenoxy) is 2. The fraction of sp³-hybridized carbons (Fsp3) is 0.286. The van der Waals surface area contributed by atoms with Crippen molar-refractivity contribution < 1.29 is 13.9 Å². The maximum absolute atomic E-state index is 13.9. The van der Waals surface area contributed by atoms with Gasteiger partial charge >= 0.3 is 0 Å². The second kappa shape index (κ2) is 9.87. The molecule has 0 aliphatic carbocycles. The highest BCUT2D eigenvalue weighted by atomic mass is 35.5. The van der Waals surface area contributed by atoms with Gasteiger partial charge in [-0.3, -0.25) is 0 Å². The third-order valence-corrected chi connectivity index (χ3v) is 5.53. The second-order valence-electron chi connectivity index (χ2n) is 6.25. The standard InChI is InChI=1S/C21H22ClFN2O2S/c1-14-11-25-21(28-14)8-9-24-12-15-6-7-16(10-20(15)26-2)27-13-17-18(22)4-3-5-19(17)23/h3-7,10-11,24H,8-9,12-13H2,1-2H3. The summed E-state index contributed by atoms with van der Waals surface area (Å²) >= 11 is 7.76. The van der Waals surface area contributed by atoms with Gasteiger partial charge in [0.05, 0.1) is 17.1 Å². The molecule has 3 rings (SSSR count). The van der Waals surface area contributed by atoms with Crippen LogP contribution in [0.2, 0.25) is 5.02 Å². The van der Waals surface area contributed by atoms with E-state index in [0.29, 0.717) is 22.9 Å². The molecule has 0 fully saturated rings. The van der Waals surface area contributed by atoms with Crippen molar-refractivity contribution in [2.24, 2.45) is 0 Å². The number of halogens is 2. The van der Waals surface area contributed by atoms with E-state index in [1.165, 1.54) is 10.9 Å². The maximum Gasteiger partial charge on any atom is 0.131 e. The molecule has 0 aliphatic rings. The van der Waals surface area contributed by atoms with Crippen LogP contribution in [0.5, 0.6) is 11.5 Å². The molecule has 0 spiro atoms. The van der Waals surface area contributed by atoms with Gasteiger partial charge in [0.25, 0.3) is 0 Å². The molecule has 3 aromatic rings. The van der Waals surface area contributed by atoms with Gasteiger partial charge in [-0.2, -0.15) is 0 Å². The average molecular weight is 421 g/mol. The van der Waals surface area contributed by atoms with E-state index < -0.39 is 0 Å². The van der Waals surface area contributed by atoms with Gasteiger partial charge in [0.2, 0.25) is 0 Å². The van der Waals surface area contributed by atoms with E-state index in [1.54, 1.807) is 36.6 Å². The Hall–Kier alpha value is -2.15. The van der Waals surface area contributed by atoms with E-state index in [-0.39, 0.29) is 12.4 Å². The molecule has 1 heterocycles. The van der Waals surface area contributed by atoms with Gasteiger partial charge in [-0.05, 0) is 25.1 Å². The van der Waals surface area contributed by atoms with Crippen molar-refractivity contribution in [3.05, 3.63) is 74.4 Å². The van der Waals surface area contributed by atoms with Crippen LogP contribution in [-0.4, -0.2) is 18.6 Å². The normalized spacial score (nSPS) is 10.9. The van der Waals surface area contributed by atoms with Crippen molar-refractivity contribution in [2.75, 3.05) is 13.7 Å². The minimum atomic E-state index is -0.379. The highest BCUT2D eigenvalue weighted by Crippen LogP contribution is 2.27. The molecule has 28 heavy (non-hydrogen) atoms. The molecule has 1 N–H and O–H groups in total. The smallest absolute Gasteiger partial charge is 0.131 e. The van der Waals surface area contributed by atoms with Crippen LogP contribution < -0.4 is 14.8 Å². The minimum Gasteiger partial charge on any atom is -0.496 e. The fourth-order valence-electron chi connectivity index (χ4n) is 2.72. The summed E-state index contributed by atoms with van der Waals surface area (Å²) < 4.78 is 25.0. The summed E-state index contributed by atoms with van der Waals surface area (Å²) in [6.45, 7) is 3.62. The largest absolute Gasteiger partial charge is 0.496 e. The Morgan fingerprint density at radius 3 is 2.82 bits per heavy atom. The van der Waals surface area contributed by atoms with Gasteiger partial charge in [0.15, 0.2) is 0 Å². The average Bonchev–Trinajstić information content (AvgIpc) is 3.10. The lowest BCUT2D eigenvalue weighted by Crippen LogP contribution is -2.17. The van der Waals surface area contributed by atoms with Crippen molar-refractivity contribution in [3.8, 4) is 11.5 Å². The highest BCUT2D eigenvalue weighted by Gasteiger charge is 2.10. The van der Waals surface area contributed by atoms with Crippen LogP contribution in [0.4, 0.5) is 4.39 Å². The Morgan fingerprint density at radius 2 is 2.11 bits per heavy atom. The van der Waals surface area contributed by atoms with Gasteiger partial charge in [-0.25, -0.2) is 9.37 Å². The molecule has 7 heteroatoms. The lowest BCUT2D eigenvalue weighted by atomic mass is 10.2. The molecule has 0 radical (unpaired) electrons. The first-order chi connectivity index (χ1) is 13.6. The van der Waals surface area contributed by atoms with Crippen molar-refractivity contribution in [3.63, 3.8) is 0 Å². The molecular weight excluding hydrogens is 399 g/mol. The minimum absolute atomic E-state index is 0.0550. The van der Waals surface area contributed by atoms with E-state index in [0.717, 1.165) is 29.3 Å². The number of hydrogen-bond acceptors (Lipinski definition) is 5. The zero-order valence-corrected chi connectivity index (χ0v) is 17.4. The highest BCUT2D eigenvalue weighted by molar-refractivity contribution is 7.11. The first kappa shape index (κ1) is 20.6. The van der Waals surface area contributed by atoms with Gasteiger partial charge in [0, 0.05) is 47.8 Å². The van der Waals surface area contributed by atoms with Gasteiger partial charge in [0.1, 0.15) is 23.9 Å². The molecule has 0 amide bonds. The van der Waals surface area contributed by atoms with Crippen LogP contribution in [0, 0.1) is 12.7 Å². The molecule has 148 valence electrons. The van der Waals surface area contributed by atoms with E-state index in [2.05, 4.69) is 17.2 Å². The van der Waals surface area contributed by atoms with E-state index >= 15 is 0 Å². The van der Waals surface area contributed by atoms with Gasteiger partial charge < -0.3 is 14.8 Å². The van der Waals surface area contributed by atoms with E-state index in [9.17, 15) is 4.39 Å². The van der Waals surface area contributed by atoms with Crippen molar-refractivity contribution in [2.45, 2.75) is 26.5 Å². The lowest BCUT2D eigenvalue weighted by Gasteiger charge is -2.13. The molecular formula is C21H22ClFN2O2S. The Balaban J connectivity index is 1.55. The molecule has 0 saturated heterocycles. The third kappa shape index (κ3) is 5.44. The zero-order valence-electron chi connectivity index (χ0n) is 15.8. The van der Waals surface area contributed by atoms with Gasteiger partial charge in [-0.15, -0.1) is 11.3 Å². The number of nitrogens with zero attached hydrogens (tertiary/aromatic N) is 1. The number of hydrogen-bond donors (Lipinski definition) is 1. The monoisotopic (exact) mass is 420 g/mol. The summed E-state index contributed by atoms with van der Waals surface area (Å²) in [6.07, 6.45) is 2.79. The Morgan fingerprint density at radius 1 is 1.25 bits per heavy atom. The Kier molecular flexibility index (Phi) is 7.25. The Labute approximate surface area is 173 Å². The van der Waals surface area contributed by atoms with Crippen molar-refractivity contribution in [1.82, 2.24) is 10.3 Å². The van der Waals surface area contributed by atoms with E-state index in [1.807, 2.05) is 18.3 Å². The molecule has 1 aromatic heterocycles. The summed E-state index contributed by atoms with van der Waals surface area (Å²) in [6, 6.07) is 10.2. The second-order valence-corrected chi connectivity index (χ2v) is 7.98. The molecule has 0 aliphatic heterocycles. The molecule has 0 bridgehead atoms. The predicted molar refractivity (Wildman–Crippen MR) is 111 cm³/mol. The number of benzene rings is 2. The SMILES string of the molecule is COc1cc(OCc2c(F)cccc2Cl)ccc1CNCCc1ncc(C)s1. The summed E-state index contributed by atoms with van der Waals surface area (Å²) in [5.74, 6) is 0.934. The van der Waals surface area contributed by atoms with Crippen LogP contribution >= 0.6 is 22.9 Å². The fourth-order valence-corrected chi connectivity index (χ4v) is 3.73. The van der Waals surface area contributed by atoms with E-state index in [4.69, 9.17) is 21.1 Å². The third-order valence-electron chi connectivity index (χ3n) is 4.20. The first-order valence-corrected chi connectivity index (χ1v) is 10.1. The number of methoxy groups -OCH3 is 1. The molecule has 0 atom stereocenters. The molecule has 0 unspecified atom stereocenters. The predicted octanol–water partition coefficient (Wildman–Crippen LogP) is 5.16. The number of aryl methyl sites for hydroxylation is 1. The number of nitrogens with one attached hydrogen (secondary N) is 1. The maximum atomic E-state index is 13.9. The number of thiazole rings is 1. The van der Waals surface area contributed by atoms with Crippen molar-refractivity contribution in [1.29, 1.82) is 0 Å². The summed E-state index contributed by atoms with van der Waals surface area (Å²) in [5, 5.41) is 4.89. The summed E-state index contributed by atoms with van der Waals surface area (Å²) in [7, 11) is 1.62. The summed E-state index contributed by atoms with van der Waals surface area (Å²) in [4.78, 5) is 5.59. The van der Waals surface area contributed by atoms with Crippen molar-refractivity contribution >= 4 is 22.9 Å². The zero-order chi connectivity index (χ0) is 19.9. The number of aromatic nitrogens is 1. The topological polar surface area (TPSA) is 43.4 Å². The van der Waals surface area contributed by atoms with Crippen LogP contribution in [0.1, 0.15) is 21.0 Å². The van der Waals surface area contributed by atoms with Gasteiger partial charge in [-0.1, -0.05) is 23.7 Å². The van der Waals surface area contributed by atoms with Crippen LogP contribution in [0.15, 0.2) is 42.6 Å². The quantitative estimate of drug-likeness (QED) is 0.485. The molecule has 2 aromatic carbocycles. The van der Waals surface area contributed by atoms with Crippen LogP contribution in [0.25, 0.3) is 0 Å². The number of rotatable bonds is 9. The Bertz CT molecular complexity index is 912. The first-order valence-electron chi connectivity index (χ1n) is 8.91. The molecule has 0 saturated carbocycles. The lowest BCUT2D eigenvalue weighted by molar-refractivity contribution is 0.297. The summed E-state index contributed by atoms with van der Waals surface area (Å²) in [5.41, 5.74) is 1.36. The van der Waals surface area contributed by atoms with Crippen LogP contribution in [-0.2, 0) is 19.6 Å². The molecule has 4 nitrogen and oxygen atoms in total.